The Morgan fingerprint density at radius 1 is 1.42 bits per heavy atom. The van der Waals surface area contributed by atoms with E-state index >= 15 is 0 Å². The second kappa shape index (κ2) is 8.84. The van der Waals surface area contributed by atoms with Crippen LogP contribution in [-0.4, -0.2) is 44.9 Å². The van der Waals surface area contributed by atoms with Crippen molar-refractivity contribution < 1.29 is 4.79 Å². The minimum absolute atomic E-state index is 0. The van der Waals surface area contributed by atoms with E-state index < -0.39 is 0 Å². The van der Waals surface area contributed by atoms with Gasteiger partial charge in [0.05, 0.1) is 11.4 Å². The summed E-state index contributed by atoms with van der Waals surface area (Å²) in [5.74, 6) is 0.303. The van der Waals surface area contributed by atoms with E-state index in [2.05, 4.69) is 24.2 Å². The lowest BCUT2D eigenvalue weighted by atomic mass is 10.1. The molecule has 1 aromatic carbocycles. The number of aromatic nitrogens is 3. The predicted octanol–water partition coefficient (Wildman–Crippen LogP) is 3.10. The van der Waals surface area contributed by atoms with Crippen molar-refractivity contribution in [2.75, 3.05) is 13.1 Å². The number of halogens is 2. The van der Waals surface area contributed by atoms with Gasteiger partial charge >= 0.3 is 0 Å². The van der Waals surface area contributed by atoms with Gasteiger partial charge < -0.3 is 10.6 Å². The van der Waals surface area contributed by atoms with Gasteiger partial charge in [0, 0.05) is 17.6 Å². The molecule has 2 N–H and O–H groups in total. The van der Waals surface area contributed by atoms with Gasteiger partial charge in [0.15, 0.2) is 5.69 Å². The summed E-state index contributed by atoms with van der Waals surface area (Å²) in [7, 11) is 0. The molecule has 2 unspecified atom stereocenters. The Balaban J connectivity index is 0.00000243. The maximum absolute atomic E-state index is 13.1. The van der Waals surface area contributed by atoms with Gasteiger partial charge in [-0.15, -0.1) is 17.5 Å². The van der Waals surface area contributed by atoms with Gasteiger partial charge in [0.1, 0.15) is 0 Å². The highest BCUT2D eigenvalue weighted by molar-refractivity contribution is 6.30. The molecule has 0 spiro atoms. The fourth-order valence-corrected chi connectivity index (χ4v) is 3.66. The Bertz CT molecular complexity index is 764. The first-order valence-corrected chi connectivity index (χ1v) is 9.14. The topological polar surface area (TPSA) is 77.0 Å². The van der Waals surface area contributed by atoms with Gasteiger partial charge in [-0.25, -0.2) is 4.68 Å². The lowest BCUT2D eigenvalue weighted by Gasteiger charge is -2.21. The Hall–Kier alpha value is -1.63. The van der Waals surface area contributed by atoms with Crippen molar-refractivity contribution in [1.29, 1.82) is 0 Å². The number of benzene rings is 1. The first-order chi connectivity index (χ1) is 12.0. The Morgan fingerprint density at radius 3 is 2.81 bits per heavy atom. The Labute approximate surface area is 165 Å². The molecule has 2 aromatic rings. The van der Waals surface area contributed by atoms with Crippen molar-refractivity contribution in [2.45, 2.75) is 39.2 Å². The van der Waals surface area contributed by atoms with E-state index in [1.807, 2.05) is 29.2 Å². The molecule has 142 valence electrons. The van der Waals surface area contributed by atoms with Crippen LogP contribution in [-0.2, 0) is 6.42 Å². The van der Waals surface area contributed by atoms with Crippen LogP contribution in [0.4, 0.5) is 0 Å². The van der Waals surface area contributed by atoms with Crippen molar-refractivity contribution in [1.82, 2.24) is 19.9 Å². The number of rotatable bonds is 5. The lowest BCUT2D eigenvalue weighted by Crippen LogP contribution is -2.35. The number of carbonyl (C=O) groups excluding carboxylic acids is 1. The van der Waals surface area contributed by atoms with Crippen LogP contribution in [0.3, 0.4) is 0 Å². The number of nitrogens with two attached hydrogens (primary N) is 1. The monoisotopic (exact) mass is 397 g/mol. The molecule has 26 heavy (non-hydrogen) atoms. The molecule has 0 radical (unpaired) electrons. The minimum Gasteiger partial charge on any atom is -0.334 e. The molecular weight excluding hydrogens is 373 g/mol. The second-order valence-corrected chi connectivity index (χ2v) is 7.11. The molecule has 2 atom stereocenters. The third kappa shape index (κ3) is 4.03. The number of carbonyl (C=O) groups is 1. The molecular formula is C18H25Cl2N5O. The van der Waals surface area contributed by atoms with Gasteiger partial charge in [0.25, 0.3) is 5.91 Å². The molecule has 0 aliphatic carbocycles. The van der Waals surface area contributed by atoms with Crippen LogP contribution < -0.4 is 5.73 Å². The van der Waals surface area contributed by atoms with Gasteiger partial charge in [0.2, 0.25) is 0 Å². The van der Waals surface area contributed by atoms with Crippen LogP contribution in [0.1, 0.15) is 42.9 Å². The third-order valence-electron chi connectivity index (χ3n) is 4.76. The number of hydrogen-bond acceptors (Lipinski definition) is 4. The number of nitrogens with zero attached hydrogens (tertiary/aromatic N) is 4. The molecule has 0 saturated carbocycles. The SMILES string of the molecule is CCCc1c(C(=O)N2CC(CN)CC2C)nnn1-c1cccc(Cl)c1.Cl. The molecule has 1 saturated heterocycles. The zero-order valence-electron chi connectivity index (χ0n) is 15.1. The van der Waals surface area contributed by atoms with Gasteiger partial charge in [-0.1, -0.05) is 36.2 Å². The fraction of sp³-hybridized carbons (Fsp3) is 0.500. The molecule has 6 nitrogen and oxygen atoms in total. The van der Waals surface area contributed by atoms with Crippen molar-refractivity contribution in [3.63, 3.8) is 0 Å². The predicted molar refractivity (Wildman–Crippen MR) is 105 cm³/mol. The summed E-state index contributed by atoms with van der Waals surface area (Å²) in [5, 5.41) is 9.08. The van der Waals surface area contributed by atoms with E-state index in [9.17, 15) is 4.79 Å². The largest absolute Gasteiger partial charge is 0.334 e. The molecule has 8 heteroatoms. The van der Waals surface area contributed by atoms with E-state index in [4.69, 9.17) is 17.3 Å². The smallest absolute Gasteiger partial charge is 0.276 e. The first kappa shape index (κ1) is 20.7. The van der Waals surface area contributed by atoms with E-state index in [1.165, 1.54) is 0 Å². The van der Waals surface area contributed by atoms with Gasteiger partial charge in [-0.3, -0.25) is 4.79 Å². The fourth-order valence-electron chi connectivity index (χ4n) is 3.48. The highest BCUT2D eigenvalue weighted by atomic mass is 35.5. The minimum atomic E-state index is -0.0554. The zero-order valence-corrected chi connectivity index (χ0v) is 16.6. The van der Waals surface area contributed by atoms with Crippen molar-refractivity contribution in [3.8, 4) is 5.69 Å². The second-order valence-electron chi connectivity index (χ2n) is 6.67. The van der Waals surface area contributed by atoms with Crippen molar-refractivity contribution >= 4 is 29.9 Å². The van der Waals surface area contributed by atoms with E-state index in [1.54, 1.807) is 4.68 Å². The first-order valence-electron chi connectivity index (χ1n) is 8.76. The summed E-state index contributed by atoms with van der Waals surface area (Å²) >= 11 is 6.10. The van der Waals surface area contributed by atoms with Gasteiger partial charge in [-0.2, -0.15) is 0 Å². The molecule has 3 rings (SSSR count). The van der Waals surface area contributed by atoms with Crippen molar-refractivity contribution in [2.24, 2.45) is 11.7 Å². The van der Waals surface area contributed by atoms with E-state index in [0.29, 0.717) is 29.7 Å². The molecule has 2 heterocycles. The molecule has 1 aliphatic heterocycles. The summed E-state index contributed by atoms with van der Waals surface area (Å²) in [6, 6.07) is 7.59. The van der Waals surface area contributed by atoms with Crippen LogP contribution >= 0.6 is 24.0 Å². The van der Waals surface area contributed by atoms with Crippen LogP contribution in [0.25, 0.3) is 5.69 Å². The lowest BCUT2D eigenvalue weighted by molar-refractivity contribution is 0.0736. The normalized spacial score (nSPS) is 19.5. The van der Waals surface area contributed by atoms with Crippen LogP contribution in [0, 0.1) is 5.92 Å². The Kier molecular flexibility index (Phi) is 7.03. The summed E-state index contributed by atoms with van der Waals surface area (Å²) in [6.07, 6.45) is 2.56. The van der Waals surface area contributed by atoms with Gasteiger partial charge in [-0.05, 0) is 50.4 Å². The van der Waals surface area contributed by atoms with Crippen LogP contribution in [0.15, 0.2) is 24.3 Å². The third-order valence-corrected chi connectivity index (χ3v) is 5.00. The highest BCUT2D eigenvalue weighted by Crippen LogP contribution is 2.26. The summed E-state index contributed by atoms with van der Waals surface area (Å²) in [4.78, 5) is 14.9. The molecule has 1 amide bonds. The van der Waals surface area contributed by atoms with Crippen LogP contribution in [0.2, 0.25) is 5.02 Å². The molecule has 1 aliphatic rings. The average Bonchev–Trinajstić information content (AvgIpc) is 3.18. The summed E-state index contributed by atoms with van der Waals surface area (Å²) < 4.78 is 1.73. The quantitative estimate of drug-likeness (QED) is 0.840. The van der Waals surface area contributed by atoms with E-state index in [0.717, 1.165) is 30.6 Å². The maximum atomic E-state index is 13.1. The van der Waals surface area contributed by atoms with Crippen molar-refractivity contribution in [3.05, 3.63) is 40.7 Å². The van der Waals surface area contributed by atoms with Crippen LogP contribution in [0.5, 0.6) is 0 Å². The average molecular weight is 398 g/mol. The number of likely N-dealkylation sites (tertiary alicyclic amines) is 1. The van der Waals surface area contributed by atoms with E-state index in [-0.39, 0.29) is 24.4 Å². The highest BCUT2D eigenvalue weighted by Gasteiger charge is 2.34. The standard InChI is InChI=1S/C18H24ClN5O.ClH/c1-3-5-16-17(18(25)23-11-13(10-20)8-12(23)2)21-22-24(16)15-7-4-6-14(19)9-15;/h4,6-7,9,12-13H,3,5,8,10-11,20H2,1-2H3;1H. The molecule has 0 bridgehead atoms. The summed E-state index contributed by atoms with van der Waals surface area (Å²) in [6.45, 7) is 5.43. The molecule has 1 aromatic heterocycles. The Morgan fingerprint density at radius 2 is 2.19 bits per heavy atom. The maximum Gasteiger partial charge on any atom is 0.276 e. The number of hydrogen-bond donors (Lipinski definition) is 1. The zero-order chi connectivity index (χ0) is 18.0. The molecule has 1 fully saturated rings. The number of amides is 1. The summed E-state index contributed by atoms with van der Waals surface area (Å²) in [5.41, 5.74) is 7.87.